The molecule has 0 saturated carbocycles. The van der Waals surface area contributed by atoms with Crippen molar-refractivity contribution < 1.29 is 29.0 Å². The minimum atomic E-state index is -2.32. The summed E-state index contributed by atoms with van der Waals surface area (Å²) in [4.78, 5) is 40.3. The first-order valence-electron chi connectivity index (χ1n) is 10.2. The topological polar surface area (TPSA) is 122 Å². The minimum Gasteiger partial charge on any atom is -0.376 e. The third-order valence-electron chi connectivity index (χ3n) is 5.37. The van der Waals surface area contributed by atoms with Gasteiger partial charge in [-0.2, -0.15) is 0 Å². The number of hydrogen-bond donors (Lipinski definition) is 4. The van der Waals surface area contributed by atoms with Crippen LogP contribution in [0, 0.1) is 11.7 Å². The van der Waals surface area contributed by atoms with Crippen LogP contribution in [0.25, 0.3) is 0 Å². The second-order valence-corrected chi connectivity index (χ2v) is 8.95. The largest absolute Gasteiger partial charge is 0.376 e. The zero-order valence-corrected chi connectivity index (χ0v) is 19.3. The molecule has 3 atom stereocenters. The standard InChI is InChI=1S/C21H30ClFN4O5/c1-12(2)17(18(29)26(3)4)25-16(28)11-27-6-5-21(32,20(27)31)19(30)24-10-13-7-14(22)9-15(23)8-13/h7-9,12,17-18,29,32H,5-6,10-11H2,1-4H3,(H,24,30)(H,25,28). The molecule has 0 aliphatic carbocycles. The second-order valence-electron chi connectivity index (χ2n) is 8.51. The van der Waals surface area contributed by atoms with Gasteiger partial charge < -0.3 is 25.7 Å². The molecule has 0 bridgehead atoms. The lowest BCUT2D eigenvalue weighted by Crippen LogP contribution is -2.55. The van der Waals surface area contributed by atoms with Crippen molar-refractivity contribution in [3.05, 3.63) is 34.6 Å². The van der Waals surface area contributed by atoms with E-state index in [1.165, 1.54) is 12.1 Å². The Morgan fingerprint density at radius 3 is 2.53 bits per heavy atom. The van der Waals surface area contributed by atoms with Crippen LogP contribution in [-0.2, 0) is 20.9 Å². The number of aliphatic hydroxyl groups excluding tert-OH is 1. The van der Waals surface area contributed by atoms with Crippen molar-refractivity contribution in [2.45, 2.75) is 44.7 Å². The van der Waals surface area contributed by atoms with Gasteiger partial charge in [-0.25, -0.2) is 4.39 Å². The van der Waals surface area contributed by atoms with Crippen LogP contribution in [0.3, 0.4) is 0 Å². The lowest BCUT2D eigenvalue weighted by molar-refractivity contribution is -0.155. The van der Waals surface area contributed by atoms with Crippen LogP contribution < -0.4 is 10.6 Å². The summed E-state index contributed by atoms with van der Waals surface area (Å²) in [5.74, 6) is -3.00. The number of hydrogen-bond acceptors (Lipinski definition) is 6. The van der Waals surface area contributed by atoms with Crippen LogP contribution in [0.2, 0.25) is 5.02 Å². The van der Waals surface area contributed by atoms with Crippen LogP contribution >= 0.6 is 11.6 Å². The maximum absolute atomic E-state index is 13.4. The van der Waals surface area contributed by atoms with Crippen molar-refractivity contribution >= 4 is 29.3 Å². The first kappa shape index (κ1) is 26.0. The Morgan fingerprint density at radius 2 is 1.97 bits per heavy atom. The minimum absolute atomic E-state index is 0.00451. The SMILES string of the molecule is CC(C)C(NC(=O)CN1CCC(O)(C(=O)NCc2cc(F)cc(Cl)c2)C1=O)C(O)N(C)C. The second kappa shape index (κ2) is 10.6. The molecule has 0 spiro atoms. The predicted octanol–water partition coefficient (Wildman–Crippen LogP) is 0.0795. The van der Waals surface area contributed by atoms with Gasteiger partial charge in [0.1, 0.15) is 12.0 Å². The van der Waals surface area contributed by atoms with E-state index in [-0.39, 0.29) is 37.0 Å². The van der Waals surface area contributed by atoms with E-state index in [2.05, 4.69) is 10.6 Å². The number of benzene rings is 1. The van der Waals surface area contributed by atoms with Gasteiger partial charge in [-0.3, -0.25) is 19.3 Å². The lowest BCUT2D eigenvalue weighted by atomic mass is 10.0. The molecule has 1 aliphatic heterocycles. The number of nitrogens with one attached hydrogen (secondary N) is 2. The molecule has 32 heavy (non-hydrogen) atoms. The fourth-order valence-corrected chi connectivity index (χ4v) is 3.73. The number of aliphatic hydroxyl groups is 2. The molecule has 11 heteroatoms. The molecule has 1 saturated heterocycles. The fraction of sp³-hybridized carbons (Fsp3) is 0.571. The third-order valence-corrected chi connectivity index (χ3v) is 5.58. The van der Waals surface area contributed by atoms with Crippen LogP contribution in [0.1, 0.15) is 25.8 Å². The Bertz CT molecular complexity index is 848. The first-order chi connectivity index (χ1) is 14.8. The molecule has 2 rings (SSSR count). The number of amides is 3. The number of likely N-dealkylation sites (N-methyl/N-ethyl adjacent to an activating group) is 1. The molecule has 178 valence electrons. The monoisotopic (exact) mass is 472 g/mol. The average Bonchev–Trinajstić information content (AvgIpc) is 2.98. The fourth-order valence-electron chi connectivity index (χ4n) is 3.48. The Morgan fingerprint density at radius 1 is 1.31 bits per heavy atom. The highest BCUT2D eigenvalue weighted by Gasteiger charge is 2.51. The highest BCUT2D eigenvalue weighted by Crippen LogP contribution is 2.24. The van der Waals surface area contributed by atoms with E-state index in [0.717, 1.165) is 11.0 Å². The number of carbonyl (C=O) groups excluding carboxylic acids is 3. The number of halogens is 2. The maximum Gasteiger partial charge on any atom is 0.264 e. The van der Waals surface area contributed by atoms with Gasteiger partial charge >= 0.3 is 0 Å². The van der Waals surface area contributed by atoms with Crippen LogP contribution in [0.5, 0.6) is 0 Å². The Balaban J connectivity index is 1.97. The van der Waals surface area contributed by atoms with Crippen molar-refractivity contribution in [2.75, 3.05) is 27.2 Å². The van der Waals surface area contributed by atoms with Crippen molar-refractivity contribution in [1.82, 2.24) is 20.4 Å². The highest BCUT2D eigenvalue weighted by atomic mass is 35.5. The number of carbonyl (C=O) groups is 3. The van der Waals surface area contributed by atoms with Gasteiger partial charge in [0.15, 0.2) is 0 Å². The summed E-state index contributed by atoms with van der Waals surface area (Å²) in [6.45, 7) is 3.19. The summed E-state index contributed by atoms with van der Waals surface area (Å²) in [6.07, 6.45) is -1.12. The third kappa shape index (κ3) is 6.16. The molecule has 3 amide bonds. The van der Waals surface area contributed by atoms with Gasteiger partial charge in [0.25, 0.3) is 11.8 Å². The first-order valence-corrected chi connectivity index (χ1v) is 10.6. The molecule has 0 aromatic heterocycles. The van der Waals surface area contributed by atoms with Crippen LogP contribution in [0.4, 0.5) is 4.39 Å². The Kier molecular flexibility index (Phi) is 8.58. The molecule has 1 fully saturated rings. The van der Waals surface area contributed by atoms with Crippen molar-refractivity contribution in [3.63, 3.8) is 0 Å². The molecular weight excluding hydrogens is 443 g/mol. The van der Waals surface area contributed by atoms with E-state index in [1.807, 2.05) is 13.8 Å². The summed E-state index contributed by atoms with van der Waals surface area (Å²) in [7, 11) is 3.35. The number of rotatable bonds is 9. The van der Waals surface area contributed by atoms with Gasteiger partial charge in [0.05, 0.1) is 12.6 Å². The molecule has 9 nitrogen and oxygen atoms in total. The molecule has 0 radical (unpaired) electrons. The summed E-state index contributed by atoms with van der Waals surface area (Å²) >= 11 is 5.78. The van der Waals surface area contributed by atoms with E-state index < -0.39 is 41.4 Å². The zero-order valence-electron chi connectivity index (χ0n) is 18.6. The van der Waals surface area contributed by atoms with Crippen LogP contribution in [-0.4, -0.2) is 82.8 Å². The van der Waals surface area contributed by atoms with Gasteiger partial charge in [-0.1, -0.05) is 25.4 Å². The number of nitrogens with zero attached hydrogens (tertiary/aromatic N) is 2. The Hall–Kier alpha value is -2.27. The van der Waals surface area contributed by atoms with Gasteiger partial charge in [0, 0.05) is 24.5 Å². The van der Waals surface area contributed by atoms with Crippen LogP contribution in [0.15, 0.2) is 18.2 Å². The van der Waals surface area contributed by atoms with Gasteiger partial charge in [-0.15, -0.1) is 0 Å². The van der Waals surface area contributed by atoms with E-state index in [0.29, 0.717) is 5.56 Å². The van der Waals surface area contributed by atoms with E-state index in [4.69, 9.17) is 11.6 Å². The van der Waals surface area contributed by atoms with Crippen molar-refractivity contribution in [3.8, 4) is 0 Å². The smallest absolute Gasteiger partial charge is 0.264 e. The molecule has 1 heterocycles. The van der Waals surface area contributed by atoms with E-state index in [1.54, 1.807) is 19.0 Å². The molecule has 1 aromatic carbocycles. The average molecular weight is 473 g/mol. The molecule has 1 aromatic rings. The summed E-state index contributed by atoms with van der Waals surface area (Å²) in [5, 5.41) is 26.2. The molecule has 1 aliphatic rings. The predicted molar refractivity (Wildman–Crippen MR) is 116 cm³/mol. The van der Waals surface area contributed by atoms with E-state index in [9.17, 15) is 29.0 Å². The number of likely N-dealkylation sites (tertiary alicyclic amines) is 1. The van der Waals surface area contributed by atoms with Crippen molar-refractivity contribution in [1.29, 1.82) is 0 Å². The highest BCUT2D eigenvalue weighted by molar-refractivity contribution is 6.30. The Labute approximate surface area is 191 Å². The molecule has 4 N–H and O–H groups in total. The zero-order chi connectivity index (χ0) is 24.2. The normalized spacial score (nSPS) is 20.6. The summed E-state index contributed by atoms with van der Waals surface area (Å²) in [5.41, 5.74) is -1.95. The van der Waals surface area contributed by atoms with Crippen molar-refractivity contribution in [2.24, 2.45) is 5.92 Å². The van der Waals surface area contributed by atoms with Gasteiger partial charge in [-0.05, 0) is 43.8 Å². The molecule has 3 unspecified atom stereocenters. The summed E-state index contributed by atoms with van der Waals surface area (Å²) in [6, 6.07) is 3.17. The maximum atomic E-state index is 13.4. The molecular formula is C21H30ClFN4O5. The van der Waals surface area contributed by atoms with E-state index >= 15 is 0 Å². The van der Waals surface area contributed by atoms with Gasteiger partial charge in [0.2, 0.25) is 11.5 Å². The lowest BCUT2D eigenvalue weighted by Gasteiger charge is -2.32. The quantitative estimate of drug-likeness (QED) is 0.298. The summed E-state index contributed by atoms with van der Waals surface area (Å²) < 4.78 is 13.4.